The number of hydrogen-bond donors (Lipinski definition) is 1. The average Bonchev–Trinajstić information content (AvgIpc) is 2.77. The van der Waals surface area contributed by atoms with E-state index in [1.807, 2.05) is 11.9 Å². The summed E-state index contributed by atoms with van der Waals surface area (Å²) in [7, 11) is 4.10. The molecule has 1 saturated heterocycles. The summed E-state index contributed by atoms with van der Waals surface area (Å²) in [5.74, 6) is 0.782. The maximum atomic E-state index is 12.6. The minimum atomic E-state index is 0.0421. The molecule has 0 spiro atoms. The van der Waals surface area contributed by atoms with E-state index in [1.54, 1.807) is 0 Å². The van der Waals surface area contributed by atoms with Gasteiger partial charge < -0.3 is 15.5 Å². The van der Waals surface area contributed by atoms with E-state index in [2.05, 4.69) is 18.9 Å². The Hall–Kier alpha value is -0.610. The van der Waals surface area contributed by atoms with Crippen molar-refractivity contribution < 1.29 is 4.79 Å². The normalized spacial score (nSPS) is 36.4. The van der Waals surface area contributed by atoms with Crippen LogP contribution in [0.15, 0.2) is 0 Å². The highest BCUT2D eigenvalue weighted by Gasteiger charge is 2.35. The summed E-state index contributed by atoms with van der Waals surface area (Å²) < 4.78 is 0. The van der Waals surface area contributed by atoms with E-state index < -0.39 is 0 Å². The number of carbonyl (C=O) groups is 1. The largest absolute Gasteiger partial charge is 0.344 e. The van der Waals surface area contributed by atoms with Gasteiger partial charge in [0, 0.05) is 25.7 Å². The van der Waals surface area contributed by atoms with Crippen LogP contribution >= 0.6 is 0 Å². The summed E-state index contributed by atoms with van der Waals surface area (Å²) in [6.45, 7) is 4.19. The second-order valence-corrected chi connectivity index (χ2v) is 6.59. The third-order valence-electron chi connectivity index (χ3n) is 5.15. The second-order valence-electron chi connectivity index (χ2n) is 6.59. The lowest BCUT2D eigenvalue weighted by atomic mass is 9.77. The predicted molar refractivity (Wildman–Crippen MR) is 77.8 cm³/mol. The summed E-state index contributed by atoms with van der Waals surface area (Å²) in [4.78, 5) is 16.9. The summed E-state index contributed by atoms with van der Waals surface area (Å²) in [5, 5.41) is 0. The van der Waals surface area contributed by atoms with Gasteiger partial charge in [0.2, 0.25) is 5.91 Å². The second kappa shape index (κ2) is 6.23. The van der Waals surface area contributed by atoms with Gasteiger partial charge in [0.25, 0.3) is 0 Å². The predicted octanol–water partition coefficient (Wildman–Crippen LogP) is 1.30. The van der Waals surface area contributed by atoms with E-state index in [-0.39, 0.29) is 17.9 Å². The van der Waals surface area contributed by atoms with Gasteiger partial charge in [-0.15, -0.1) is 0 Å². The van der Waals surface area contributed by atoms with Crippen LogP contribution in [0.2, 0.25) is 0 Å². The van der Waals surface area contributed by atoms with Crippen molar-refractivity contribution in [2.75, 3.05) is 27.2 Å². The molecule has 4 heteroatoms. The number of nitrogens with two attached hydrogens (primary N) is 1. The van der Waals surface area contributed by atoms with Crippen LogP contribution in [-0.2, 0) is 4.79 Å². The van der Waals surface area contributed by atoms with Crippen molar-refractivity contribution in [2.24, 2.45) is 17.6 Å². The lowest BCUT2D eigenvalue weighted by molar-refractivity contribution is -0.137. The maximum Gasteiger partial charge on any atom is 0.227 e. The Morgan fingerprint density at radius 3 is 2.68 bits per heavy atom. The van der Waals surface area contributed by atoms with Gasteiger partial charge in [0.1, 0.15) is 0 Å². The van der Waals surface area contributed by atoms with Gasteiger partial charge in [0.05, 0.1) is 5.92 Å². The van der Waals surface area contributed by atoms with E-state index in [4.69, 9.17) is 5.73 Å². The van der Waals surface area contributed by atoms with Gasteiger partial charge in [-0.05, 0) is 45.2 Å². The summed E-state index contributed by atoms with van der Waals surface area (Å²) >= 11 is 0. The minimum Gasteiger partial charge on any atom is -0.344 e. The number of likely N-dealkylation sites (tertiary alicyclic amines) is 1. The molecule has 2 rings (SSSR count). The average molecular weight is 267 g/mol. The fraction of sp³-hybridized carbons (Fsp3) is 0.933. The van der Waals surface area contributed by atoms with Gasteiger partial charge in [-0.2, -0.15) is 0 Å². The van der Waals surface area contributed by atoms with Crippen LogP contribution in [0, 0.1) is 11.8 Å². The van der Waals surface area contributed by atoms with Gasteiger partial charge in [0.15, 0.2) is 0 Å². The molecule has 19 heavy (non-hydrogen) atoms. The Morgan fingerprint density at radius 1 is 1.32 bits per heavy atom. The molecule has 2 aliphatic rings. The molecule has 4 atom stereocenters. The number of rotatable bonds is 3. The standard InChI is InChI=1S/C15H29N3O/c1-11-6-4-8-13(14(11)16)15(19)18(3)10-12-7-5-9-17(12)2/h11-14H,4-10,16H2,1-3H3. The zero-order valence-corrected chi connectivity index (χ0v) is 12.6. The highest BCUT2D eigenvalue weighted by atomic mass is 16.2. The van der Waals surface area contributed by atoms with Crippen molar-refractivity contribution in [1.29, 1.82) is 0 Å². The molecule has 0 aromatic rings. The Morgan fingerprint density at radius 2 is 2.05 bits per heavy atom. The monoisotopic (exact) mass is 267 g/mol. The first-order valence-corrected chi connectivity index (χ1v) is 7.71. The molecule has 4 unspecified atom stereocenters. The number of hydrogen-bond acceptors (Lipinski definition) is 3. The number of carbonyl (C=O) groups excluding carboxylic acids is 1. The van der Waals surface area contributed by atoms with E-state index >= 15 is 0 Å². The molecule has 0 radical (unpaired) electrons. The molecule has 1 aliphatic heterocycles. The summed E-state index contributed by atoms with van der Waals surface area (Å²) in [6.07, 6.45) is 5.74. The zero-order chi connectivity index (χ0) is 14.0. The highest BCUT2D eigenvalue weighted by Crippen LogP contribution is 2.29. The van der Waals surface area contributed by atoms with Crippen LogP contribution in [-0.4, -0.2) is 55.0 Å². The van der Waals surface area contributed by atoms with E-state index in [1.165, 1.54) is 19.3 Å². The summed E-state index contributed by atoms with van der Waals surface area (Å²) in [5.41, 5.74) is 6.24. The fourth-order valence-electron chi connectivity index (χ4n) is 3.63. The van der Waals surface area contributed by atoms with E-state index in [9.17, 15) is 4.79 Å². The first-order chi connectivity index (χ1) is 9.00. The van der Waals surface area contributed by atoms with Gasteiger partial charge in [-0.3, -0.25) is 4.79 Å². The quantitative estimate of drug-likeness (QED) is 0.838. The molecule has 1 heterocycles. The van der Waals surface area contributed by atoms with Crippen molar-refractivity contribution >= 4 is 5.91 Å². The van der Waals surface area contributed by atoms with Crippen molar-refractivity contribution in [3.63, 3.8) is 0 Å². The number of amides is 1. The van der Waals surface area contributed by atoms with Crippen LogP contribution in [0.4, 0.5) is 0 Å². The van der Waals surface area contributed by atoms with Gasteiger partial charge in [-0.1, -0.05) is 13.3 Å². The Bertz CT molecular complexity index is 321. The van der Waals surface area contributed by atoms with Gasteiger partial charge in [-0.25, -0.2) is 0 Å². The topological polar surface area (TPSA) is 49.6 Å². The molecule has 4 nitrogen and oxygen atoms in total. The smallest absolute Gasteiger partial charge is 0.227 e. The first-order valence-electron chi connectivity index (χ1n) is 7.71. The highest BCUT2D eigenvalue weighted by molar-refractivity contribution is 5.79. The Balaban J connectivity index is 1.91. The van der Waals surface area contributed by atoms with Crippen molar-refractivity contribution in [3.05, 3.63) is 0 Å². The maximum absolute atomic E-state index is 12.6. The number of nitrogens with zero attached hydrogens (tertiary/aromatic N) is 2. The SMILES string of the molecule is CC1CCCC(C(=O)N(C)CC2CCCN2C)C1N. The minimum absolute atomic E-state index is 0.0421. The van der Waals surface area contributed by atoms with Crippen LogP contribution < -0.4 is 5.73 Å². The van der Waals surface area contributed by atoms with Crippen LogP contribution in [0.1, 0.15) is 39.0 Å². The molecular weight excluding hydrogens is 238 g/mol. The molecule has 0 aromatic carbocycles. The van der Waals surface area contributed by atoms with Gasteiger partial charge >= 0.3 is 0 Å². The van der Waals surface area contributed by atoms with Crippen LogP contribution in [0.25, 0.3) is 0 Å². The first kappa shape index (κ1) is 14.8. The fourth-order valence-corrected chi connectivity index (χ4v) is 3.63. The number of likely N-dealkylation sites (N-methyl/N-ethyl adjacent to an activating group) is 2. The van der Waals surface area contributed by atoms with Crippen LogP contribution in [0.5, 0.6) is 0 Å². The lowest BCUT2D eigenvalue weighted by Crippen LogP contribution is -2.50. The zero-order valence-electron chi connectivity index (χ0n) is 12.6. The Labute approximate surface area is 117 Å². The van der Waals surface area contributed by atoms with Crippen LogP contribution in [0.3, 0.4) is 0 Å². The molecule has 1 saturated carbocycles. The lowest BCUT2D eigenvalue weighted by Gasteiger charge is -2.36. The molecule has 2 fully saturated rings. The third-order valence-corrected chi connectivity index (χ3v) is 5.15. The van der Waals surface area contributed by atoms with Crippen molar-refractivity contribution in [3.8, 4) is 0 Å². The Kier molecular flexibility index (Phi) is 4.85. The van der Waals surface area contributed by atoms with Crippen molar-refractivity contribution in [1.82, 2.24) is 9.80 Å². The molecular formula is C15H29N3O. The molecule has 0 bridgehead atoms. The molecule has 2 N–H and O–H groups in total. The molecule has 1 amide bonds. The third kappa shape index (κ3) is 3.29. The molecule has 0 aromatic heterocycles. The molecule has 110 valence electrons. The van der Waals surface area contributed by atoms with E-state index in [0.29, 0.717) is 12.0 Å². The van der Waals surface area contributed by atoms with Crippen molar-refractivity contribution in [2.45, 2.75) is 51.1 Å². The summed E-state index contributed by atoms with van der Waals surface area (Å²) in [6, 6.07) is 0.580. The van der Waals surface area contributed by atoms with E-state index in [0.717, 1.165) is 25.9 Å². The molecule has 1 aliphatic carbocycles.